The predicted molar refractivity (Wildman–Crippen MR) is 52.2 cm³/mol. The number of nitriles is 1. The molecule has 0 saturated carbocycles. The molecule has 16 heavy (non-hydrogen) atoms. The van der Waals surface area contributed by atoms with E-state index in [0.29, 0.717) is 18.4 Å². The number of hydrogen-bond donors (Lipinski definition) is 0. The van der Waals surface area contributed by atoms with Gasteiger partial charge in [-0.2, -0.15) is 14.0 Å². The van der Waals surface area contributed by atoms with Gasteiger partial charge in [0.2, 0.25) is 0 Å². The Kier molecular flexibility index (Phi) is 4.40. The van der Waals surface area contributed by atoms with Gasteiger partial charge in [-0.25, -0.2) is 0 Å². The molecule has 0 heterocycles. The molecule has 0 atom stereocenters. The molecule has 0 saturated heterocycles. The molecule has 0 aromatic heterocycles. The molecule has 0 spiro atoms. The lowest BCUT2D eigenvalue weighted by Crippen LogP contribution is -2.04. The van der Waals surface area contributed by atoms with Crippen molar-refractivity contribution in [2.75, 3.05) is 0 Å². The minimum Gasteiger partial charge on any atom is -0.433 e. The number of halogens is 2. The zero-order valence-electron chi connectivity index (χ0n) is 8.32. The third kappa shape index (κ3) is 3.31. The first-order valence-electron chi connectivity index (χ1n) is 4.59. The number of carbonyl (C=O) groups excluding carboxylic acids is 1. The first-order valence-corrected chi connectivity index (χ1v) is 4.59. The van der Waals surface area contributed by atoms with Gasteiger partial charge in [0.25, 0.3) is 0 Å². The van der Waals surface area contributed by atoms with Gasteiger partial charge in [0.1, 0.15) is 18.1 Å². The zero-order chi connectivity index (χ0) is 12.0. The van der Waals surface area contributed by atoms with Crippen molar-refractivity contribution < 1.29 is 18.3 Å². The monoisotopic (exact) mass is 225 g/mol. The number of hydrogen-bond acceptors (Lipinski definition) is 3. The Morgan fingerprint density at radius 3 is 2.81 bits per heavy atom. The van der Waals surface area contributed by atoms with Crippen molar-refractivity contribution in [3.63, 3.8) is 0 Å². The number of alkyl halides is 2. The van der Waals surface area contributed by atoms with Gasteiger partial charge in [0, 0.05) is 6.42 Å². The third-order valence-electron chi connectivity index (χ3n) is 1.93. The average Bonchev–Trinajstić information content (AvgIpc) is 2.26. The molecule has 0 bridgehead atoms. The summed E-state index contributed by atoms with van der Waals surface area (Å²) in [6, 6.07) is 6.12. The largest absolute Gasteiger partial charge is 0.433 e. The fourth-order valence-corrected chi connectivity index (χ4v) is 1.23. The van der Waals surface area contributed by atoms with Crippen LogP contribution in [0.5, 0.6) is 5.75 Å². The summed E-state index contributed by atoms with van der Waals surface area (Å²) >= 11 is 0. The van der Waals surface area contributed by atoms with E-state index in [4.69, 9.17) is 5.26 Å². The molecule has 1 aromatic carbocycles. The van der Waals surface area contributed by atoms with Gasteiger partial charge in [0.15, 0.2) is 0 Å². The predicted octanol–water partition coefficient (Wildman–Crippen LogP) is 2.29. The average molecular weight is 225 g/mol. The topological polar surface area (TPSA) is 50.1 Å². The number of aldehydes is 1. The number of carbonyl (C=O) groups is 1. The van der Waals surface area contributed by atoms with Crippen LogP contribution < -0.4 is 4.74 Å². The van der Waals surface area contributed by atoms with Crippen LogP contribution in [0.1, 0.15) is 17.5 Å². The first-order chi connectivity index (χ1) is 7.67. The van der Waals surface area contributed by atoms with Gasteiger partial charge in [-0.1, -0.05) is 6.07 Å². The Hall–Kier alpha value is -1.96. The first kappa shape index (κ1) is 12.1. The molecule has 3 nitrogen and oxygen atoms in total. The molecule has 0 unspecified atom stereocenters. The van der Waals surface area contributed by atoms with E-state index in [0.717, 1.165) is 6.29 Å². The van der Waals surface area contributed by atoms with Gasteiger partial charge in [0.05, 0.1) is 5.56 Å². The van der Waals surface area contributed by atoms with E-state index in [-0.39, 0.29) is 11.3 Å². The number of benzene rings is 1. The number of nitrogens with zero attached hydrogens (tertiary/aromatic N) is 1. The van der Waals surface area contributed by atoms with Crippen LogP contribution in [0.15, 0.2) is 18.2 Å². The molecule has 0 amide bonds. The Morgan fingerprint density at radius 1 is 1.50 bits per heavy atom. The fourth-order valence-electron chi connectivity index (χ4n) is 1.23. The highest BCUT2D eigenvalue weighted by molar-refractivity contribution is 5.51. The summed E-state index contributed by atoms with van der Waals surface area (Å²) < 4.78 is 28.3. The van der Waals surface area contributed by atoms with Crippen molar-refractivity contribution in [1.82, 2.24) is 0 Å². The molecule has 0 aliphatic carbocycles. The summed E-state index contributed by atoms with van der Waals surface area (Å²) in [7, 11) is 0. The maximum atomic E-state index is 12.0. The maximum Gasteiger partial charge on any atom is 0.387 e. The molecular formula is C11H9F2NO2. The van der Waals surface area contributed by atoms with E-state index < -0.39 is 6.61 Å². The molecule has 84 valence electrons. The quantitative estimate of drug-likeness (QED) is 0.722. The second kappa shape index (κ2) is 5.81. The maximum absolute atomic E-state index is 12.0. The van der Waals surface area contributed by atoms with Crippen LogP contribution in [0.25, 0.3) is 0 Å². The van der Waals surface area contributed by atoms with E-state index >= 15 is 0 Å². The molecule has 0 N–H and O–H groups in total. The van der Waals surface area contributed by atoms with Crippen LogP contribution in [0.3, 0.4) is 0 Å². The molecule has 0 radical (unpaired) electrons. The van der Waals surface area contributed by atoms with Crippen LogP contribution in [-0.4, -0.2) is 12.9 Å². The van der Waals surface area contributed by atoms with Crippen LogP contribution in [0.2, 0.25) is 0 Å². The van der Waals surface area contributed by atoms with E-state index in [1.54, 1.807) is 12.1 Å². The molecule has 0 aliphatic heterocycles. The highest BCUT2D eigenvalue weighted by Gasteiger charge is 2.10. The Morgan fingerprint density at radius 2 is 2.25 bits per heavy atom. The SMILES string of the molecule is N#Cc1ccc(CCC=O)cc1OC(F)F. The summed E-state index contributed by atoms with van der Waals surface area (Å²) in [5.41, 5.74) is 0.733. The van der Waals surface area contributed by atoms with Gasteiger partial charge < -0.3 is 9.53 Å². The Bertz CT molecular complexity index is 413. The smallest absolute Gasteiger partial charge is 0.387 e. The number of rotatable bonds is 5. The summed E-state index contributed by atoms with van der Waals surface area (Å²) in [4.78, 5) is 10.2. The highest BCUT2D eigenvalue weighted by atomic mass is 19.3. The lowest BCUT2D eigenvalue weighted by molar-refractivity contribution is -0.107. The molecule has 0 aliphatic rings. The minimum atomic E-state index is -2.96. The summed E-state index contributed by atoms with van der Waals surface area (Å²) in [6.45, 7) is -2.96. The third-order valence-corrected chi connectivity index (χ3v) is 1.93. The fraction of sp³-hybridized carbons (Fsp3) is 0.273. The van der Waals surface area contributed by atoms with Gasteiger partial charge >= 0.3 is 6.61 Å². The molecule has 0 fully saturated rings. The Balaban J connectivity index is 2.92. The molecular weight excluding hydrogens is 216 g/mol. The van der Waals surface area contributed by atoms with E-state index in [2.05, 4.69) is 4.74 Å². The van der Waals surface area contributed by atoms with E-state index in [1.165, 1.54) is 12.1 Å². The lowest BCUT2D eigenvalue weighted by Gasteiger charge is -2.07. The highest BCUT2D eigenvalue weighted by Crippen LogP contribution is 2.22. The zero-order valence-corrected chi connectivity index (χ0v) is 8.32. The van der Waals surface area contributed by atoms with Gasteiger partial charge in [-0.3, -0.25) is 0 Å². The summed E-state index contributed by atoms with van der Waals surface area (Å²) in [6.07, 6.45) is 1.49. The second-order valence-electron chi connectivity index (χ2n) is 3.03. The van der Waals surface area contributed by atoms with Crippen molar-refractivity contribution in [3.8, 4) is 11.8 Å². The van der Waals surface area contributed by atoms with E-state index in [9.17, 15) is 13.6 Å². The molecule has 1 rings (SSSR count). The minimum absolute atomic E-state index is 0.0511. The second-order valence-corrected chi connectivity index (χ2v) is 3.03. The van der Waals surface area contributed by atoms with Crippen molar-refractivity contribution in [2.24, 2.45) is 0 Å². The van der Waals surface area contributed by atoms with Gasteiger partial charge in [-0.05, 0) is 24.1 Å². The van der Waals surface area contributed by atoms with Crippen molar-refractivity contribution in [2.45, 2.75) is 19.5 Å². The van der Waals surface area contributed by atoms with Crippen molar-refractivity contribution in [3.05, 3.63) is 29.3 Å². The normalized spacial score (nSPS) is 9.88. The number of ether oxygens (including phenoxy) is 1. The Labute approximate surface area is 91.3 Å². The van der Waals surface area contributed by atoms with Crippen LogP contribution in [0, 0.1) is 11.3 Å². The van der Waals surface area contributed by atoms with Gasteiger partial charge in [-0.15, -0.1) is 0 Å². The van der Waals surface area contributed by atoms with Crippen molar-refractivity contribution in [1.29, 1.82) is 5.26 Å². The van der Waals surface area contributed by atoms with Crippen LogP contribution >= 0.6 is 0 Å². The molecule has 5 heteroatoms. The lowest BCUT2D eigenvalue weighted by atomic mass is 10.1. The number of aryl methyl sites for hydroxylation is 1. The summed E-state index contributed by atoms with van der Waals surface area (Å²) in [5, 5.41) is 8.67. The van der Waals surface area contributed by atoms with Crippen LogP contribution in [-0.2, 0) is 11.2 Å². The van der Waals surface area contributed by atoms with Crippen molar-refractivity contribution >= 4 is 6.29 Å². The molecule has 1 aromatic rings. The van der Waals surface area contributed by atoms with Crippen LogP contribution in [0.4, 0.5) is 8.78 Å². The standard InChI is InChI=1S/C11H9F2NO2/c12-11(13)16-10-6-8(2-1-5-15)3-4-9(10)7-14/h3-6,11H,1-2H2. The summed E-state index contributed by atoms with van der Waals surface area (Å²) in [5.74, 6) is -0.152. The van der Waals surface area contributed by atoms with E-state index in [1.807, 2.05) is 0 Å².